The highest BCUT2D eigenvalue weighted by Gasteiger charge is 2.06. The second-order valence-corrected chi connectivity index (χ2v) is 4.88. The summed E-state index contributed by atoms with van der Waals surface area (Å²) < 4.78 is 0. The first-order valence-electron chi connectivity index (χ1n) is 5.94. The quantitative estimate of drug-likeness (QED) is 0.812. The number of hydrogen-bond donors (Lipinski definition) is 1. The Kier molecular flexibility index (Phi) is 4.41. The van der Waals surface area contributed by atoms with Crippen LogP contribution in [0.2, 0.25) is 0 Å². The van der Waals surface area contributed by atoms with Crippen molar-refractivity contribution in [2.24, 2.45) is 0 Å². The van der Waals surface area contributed by atoms with E-state index in [9.17, 15) is 4.79 Å². The Bertz CT molecular complexity index is 510. The molecule has 5 heteroatoms. The van der Waals surface area contributed by atoms with Gasteiger partial charge in [-0.2, -0.15) is 0 Å². The number of ketones is 1. The number of nitrogens with one attached hydrogen (secondary N) is 1. The third-order valence-corrected chi connectivity index (χ3v) is 3.52. The van der Waals surface area contributed by atoms with Crippen LogP contribution in [0.4, 0.5) is 5.13 Å². The number of carbonyl (C=O) groups is 1. The second kappa shape index (κ2) is 6.26. The van der Waals surface area contributed by atoms with Crippen molar-refractivity contribution in [2.75, 3.05) is 11.9 Å². The van der Waals surface area contributed by atoms with Crippen LogP contribution in [-0.4, -0.2) is 22.5 Å². The minimum atomic E-state index is 0.142. The summed E-state index contributed by atoms with van der Waals surface area (Å²) in [7, 11) is 0. The maximum Gasteiger partial charge on any atom is 0.205 e. The Labute approximate surface area is 110 Å². The van der Waals surface area contributed by atoms with Crippen LogP contribution in [0.15, 0.2) is 30.3 Å². The lowest BCUT2D eigenvalue weighted by Gasteiger charge is -2.01. The molecule has 18 heavy (non-hydrogen) atoms. The first-order chi connectivity index (χ1) is 8.79. The molecule has 0 fully saturated rings. The van der Waals surface area contributed by atoms with Crippen LogP contribution >= 0.6 is 11.3 Å². The Morgan fingerprint density at radius 2 is 2.06 bits per heavy atom. The molecule has 94 valence electrons. The Morgan fingerprint density at radius 1 is 1.28 bits per heavy atom. The van der Waals surface area contributed by atoms with E-state index in [-0.39, 0.29) is 5.78 Å². The van der Waals surface area contributed by atoms with Crippen molar-refractivity contribution in [1.29, 1.82) is 0 Å². The predicted molar refractivity (Wildman–Crippen MR) is 73.2 cm³/mol. The van der Waals surface area contributed by atoms with Gasteiger partial charge in [-0.15, -0.1) is 10.2 Å². The average Bonchev–Trinajstić information content (AvgIpc) is 2.87. The van der Waals surface area contributed by atoms with Crippen molar-refractivity contribution >= 4 is 22.3 Å². The molecule has 1 N–H and O–H groups in total. The highest BCUT2D eigenvalue weighted by molar-refractivity contribution is 7.15. The molecule has 0 atom stereocenters. The lowest BCUT2D eigenvalue weighted by atomic mass is 10.1. The predicted octanol–water partition coefficient (Wildman–Crippen LogP) is 2.79. The van der Waals surface area contributed by atoms with E-state index in [4.69, 9.17) is 0 Å². The van der Waals surface area contributed by atoms with E-state index < -0.39 is 0 Å². The van der Waals surface area contributed by atoms with E-state index in [1.54, 1.807) is 0 Å². The molecule has 2 aromatic rings. The third-order valence-electron chi connectivity index (χ3n) is 2.49. The molecular weight excluding hydrogens is 246 g/mol. The van der Waals surface area contributed by atoms with Gasteiger partial charge in [-0.05, 0) is 6.42 Å². The van der Waals surface area contributed by atoms with Gasteiger partial charge in [0.2, 0.25) is 5.13 Å². The minimum Gasteiger partial charge on any atom is -0.360 e. The topological polar surface area (TPSA) is 54.9 Å². The number of benzene rings is 1. The molecule has 1 aromatic carbocycles. The summed E-state index contributed by atoms with van der Waals surface area (Å²) in [6.45, 7) is 2.63. The fraction of sp³-hybridized carbons (Fsp3) is 0.308. The van der Waals surface area contributed by atoms with E-state index >= 15 is 0 Å². The molecule has 0 aliphatic carbocycles. The van der Waals surface area contributed by atoms with Gasteiger partial charge in [-0.25, -0.2) is 0 Å². The van der Waals surface area contributed by atoms with Crippen LogP contribution in [-0.2, 0) is 6.42 Å². The van der Waals surface area contributed by atoms with Gasteiger partial charge in [-0.3, -0.25) is 4.79 Å². The number of aryl methyl sites for hydroxylation is 1. The van der Waals surface area contributed by atoms with E-state index in [1.807, 2.05) is 37.3 Å². The van der Waals surface area contributed by atoms with Gasteiger partial charge < -0.3 is 5.32 Å². The van der Waals surface area contributed by atoms with Gasteiger partial charge in [0.05, 0.1) is 0 Å². The summed E-state index contributed by atoms with van der Waals surface area (Å²) in [4.78, 5) is 11.8. The van der Waals surface area contributed by atoms with Crippen LogP contribution in [0.3, 0.4) is 0 Å². The lowest BCUT2D eigenvalue weighted by Crippen LogP contribution is -2.08. The van der Waals surface area contributed by atoms with Crippen molar-refractivity contribution in [3.8, 4) is 0 Å². The summed E-state index contributed by atoms with van der Waals surface area (Å²) in [5, 5.41) is 12.9. The molecule has 0 bridgehead atoms. The van der Waals surface area contributed by atoms with Gasteiger partial charge in [0.25, 0.3) is 0 Å². The Morgan fingerprint density at radius 3 is 2.72 bits per heavy atom. The van der Waals surface area contributed by atoms with Crippen LogP contribution < -0.4 is 5.32 Å². The standard InChI is InChI=1S/C13H15N3OS/c1-2-12-15-16-13(18-12)14-9-8-11(17)10-6-4-3-5-7-10/h3-7H,2,8-9H2,1H3,(H,14,16). The largest absolute Gasteiger partial charge is 0.360 e. The monoisotopic (exact) mass is 261 g/mol. The fourth-order valence-electron chi connectivity index (χ4n) is 1.52. The normalized spacial score (nSPS) is 10.3. The first-order valence-corrected chi connectivity index (χ1v) is 6.75. The van der Waals surface area contributed by atoms with Crippen LogP contribution in [0.1, 0.15) is 28.7 Å². The summed E-state index contributed by atoms with van der Waals surface area (Å²) >= 11 is 1.54. The molecule has 1 aromatic heterocycles. The Hall–Kier alpha value is -1.75. The number of hydrogen-bond acceptors (Lipinski definition) is 5. The minimum absolute atomic E-state index is 0.142. The number of carbonyl (C=O) groups excluding carboxylic acids is 1. The third kappa shape index (κ3) is 3.37. The van der Waals surface area contributed by atoms with E-state index in [0.717, 1.165) is 22.1 Å². The van der Waals surface area contributed by atoms with Crippen molar-refractivity contribution in [1.82, 2.24) is 10.2 Å². The van der Waals surface area contributed by atoms with Gasteiger partial charge in [0.1, 0.15) is 5.01 Å². The lowest BCUT2D eigenvalue weighted by molar-refractivity contribution is 0.0986. The highest BCUT2D eigenvalue weighted by atomic mass is 32.1. The molecule has 0 unspecified atom stereocenters. The molecule has 0 aliphatic heterocycles. The summed E-state index contributed by atoms with van der Waals surface area (Å²) in [5.41, 5.74) is 0.755. The summed E-state index contributed by atoms with van der Waals surface area (Å²) in [6.07, 6.45) is 1.35. The zero-order valence-electron chi connectivity index (χ0n) is 10.2. The maximum atomic E-state index is 11.8. The Balaban J connectivity index is 1.80. The van der Waals surface area contributed by atoms with Crippen LogP contribution in [0, 0.1) is 0 Å². The van der Waals surface area contributed by atoms with Crippen molar-refractivity contribution in [3.63, 3.8) is 0 Å². The molecule has 0 spiro atoms. The maximum absolute atomic E-state index is 11.8. The molecule has 0 radical (unpaired) electrons. The zero-order valence-corrected chi connectivity index (χ0v) is 11.0. The van der Waals surface area contributed by atoms with E-state index in [0.29, 0.717) is 13.0 Å². The van der Waals surface area contributed by atoms with Crippen LogP contribution in [0.25, 0.3) is 0 Å². The van der Waals surface area contributed by atoms with Gasteiger partial charge in [-0.1, -0.05) is 48.6 Å². The number of anilines is 1. The average molecular weight is 261 g/mol. The fourth-order valence-corrected chi connectivity index (χ4v) is 2.22. The molecule has 1 heterocycles. The molecule has 2 rings (SSSR count). The smallest absolute Gasteiger partial charge is 0.205 e. The first kappa shape index (κ1) is 12.7. The van der Waals surface area contributed by atoms with Crippen molar-refractivity contribution < 1.29 is 4.79 Å². The van der Waals surface area contributed by atoms with Crippen molar-refractivity contribution in [3.05, 3.63) is 40.9 Å². The van der Waals surface area contributed by atoms with Gasteiger partial charge in [0, 0.05) is 18.5 Å². The number of rotatable bonds is 6. The number of Topliss-reactive ketones (excluding diaryl/α,β-unsaturated/α-hetero) is 1. The molecule has 4 nitrogen and oxygen atoms in total. The van der Waals surface area contributed by atoms with E-state index in [1.165, 1.54) is 11.3 Å². The molecule has 0 amide bonds. The summed E-state index contributed by atoms with van der Waals surface area (Å²) in [6, 6.07) is 9.32. The van der Waals surface area contributed by atoms with Crippen LogP contribution in [0.5, 0.6) is 0 Å². The summed E-state index contributed by atoms with van der Waals surface area (Å²) in [5.74, 6) is 0.142. The highest BCUT2D eigenvalue weighted by Crippen LogP contribution is 2.15. The molecule has 0 saturated carbocycles. The van der Waals surface area contributed by atoms with E-state index in [2.05, 4.69) is 15.5 Å². The molecule has 0 saturated heterocycles. The molecular formula is C13H15N3OS. The van der Waals surface area contributed by atoms with Gasteiger partial charge >= 0.3 is 0 Å². The second-order valence-electron chi connectivity index (χ2n) is 3.82. The zero-order chi connectivity index (χ0) is 12.8. The number of aromatic nitrogens is 2. The SMILES string of the molecule is CCc1nnc(NCCC(=O)c2ccccc2)s1. The van der Waals surface area contributed by atoms with Gasteiger partial charge in [0.15, 0.2) is 5.78 Å². The van der Waals surface area contributed by atoms with Crippen molar-refractivity contribution in [2.45, 2.75) is 19.8 Å². The number of nitrogens with zero attached hydrogens (tertiary/aromatic N) is 2. The molecule has 0 aliphatic rings.